The molecule has 26 heavy (non-hydrogen) atoms. The number of ether oxygens (including phenoxy) is 2. The van der Waals surface area contributed by atoms with Crippen LogP contribution < -0.4 is 9.64 Å². The molecule has 0 fully saturated rings. The highest BCUT2D eigenvalue weighted by atomic mass is 16.5. The largest absolute Gasteiger partial charge is 0.493 e. The van der Waals surface area contributed by atoms with Gasteiger partial charge in [-0.15, -0.1) is 0 Å². The molecule has 0 saturated heterocycles. The van der Waals surface area contributed by atoms with Gasteiger partial charge in [-0.05, 0) is 51.0 Å². The van der Waals surface area contributed by atoms with Crippen LogP contribution in [0.5, 0.6) is 5.75 Å². The van der Waals surface area contributed by atoms with Crippen LogP contribution in [-0.4, -0.2) is 30.6 Å². The number of carbonyl (C=O) groups is 2. The van der Waals surface area contributed by atoms with Gasteiger partial charge in [-0.1, -0.05) is 30.3 Å². The average Bonchev–Trinajstić information content (AvgIpc) is 2.97. The Morgan fingerprint density at radius 3 is 2.62 bits per heavy atom. The average molecular weight is 353 g/mol. The van der Waals surface area contributed by atoms with Crippen molar-refractivity contribution in [3.05, 3.63) is 59.7 Å². The standard InChI is InChI=1S/C21H23NO4/c1-4-25-19-12-8-6-10-17(19)21(24)26-15(3)20(23)22-14(2)13-16-9-5-7-11-18(16)22/h5-12,14-15H,4,13H2,1-3H3/t14-,15+/m0/s1. The highest BCUT2D eigenvalue weighted by Gasteiger charge is 2.34. The number of anilines is 1. The number of carbonyl (C=O) groups excluding carboxylic acids is 2. The Labute approximate surface area is 153 Å². The van der Waals surface area contributed by atoms with E-state index in [2.05, 4.69) is 0 Å². The maximum Gasteiger partial charge on any atom is 0.342 e. The molecule has 136 valence electrons. The van der Waals surface area contributed by atoms with Gasteiger partial charge in [-0.25, -0.2) is 4.79 Å². The lowest BCUT2D eigenvalue weighted by Crippen LogP contribution is -2.43. The summed E-state index contributed by atoms with van der Waals surface area (Å²) in [6.45, 7) is 5.90. The monoisotopic (exact) mass is 353 g/mol. The van der Waals surface area contributed by atoms with Crippen molar-refractivity contribution in [2.75, 3.05) is 11.5 Å². The molecule has 0 unspecified atom stereocenters. The van der Waals surface area contributed by atoms with Crippen molar-refractivity contribution in [3.63, 3.8) is 0 Å². The molecule has 1 aliphatic rings. The second-order valence-corrected chi connectivity index (χ2v) is 6.37. The molecule has 2 atom stereocenters. The van der Waals surface area contributed by atoms with Crippen LogP contribution in [0.3, 0.4) is 0 Å². The van der Waals surface area contributed by atoms with Gasteiger partial charge in [-0.2, -0.15) is 0 Å². The number of benzene rings is 2. The topological polar surface area (TPSA) is 55.8 Å². The molecule has 0 saturated carbocycles. The molecular weight excluding hydrogens is 330 g/mol. The molecule has 1 heterocycles. The van der Waals surface area contributed by atoms with E-state index in [9.17, 15) is 9.59 Å². The minimum absolute atomic E-state index is 0.0387. The van der Waals surface area contributed by atoms with Crippen LogP contribution in [0, 0.1) is 0 Å². The number of amides is 1. The maximum absolute atomic E-state index is 12.9. The van der Waals surface area contributed by atoms with Crippen LogP contribution in [0.2, 0.25) is 0 Å². The molecule has 1 amide bonds. The highest BCUT2D eigenvalue weighted by molar-refractivity contribution is 6.01. The van der Waals surface area contributed by atoms with Crippen LogP contribution in [0.15, 0.2) is 48.5 Å². The van der Waals surface area contributed by atoms with E-state index < -0.39 is 12.1 Å². The molecule has 0 aliphatic carbocycles. The zero-order chi connectivity index (χ0) is 18.7. The van der Waals surface area contributed by atoms with Gasteiger partial charge in [0.15, 0.2) is 6.10 Å². The third kappa shape index (κ3) is 3.43. The third-order valence-electron chi connectivity index (χ3n) is 4.48. The zero-order valence-corrected chi connectivity index (χ0v) is 15.3. The molecule has 3 rings (SSSR count). The molecule has 0 radical (unpaired) electrons. The Balaban J connectivity index is 1.75. The number of nitrogens with zero attached hydrogens (tertiary/aromatic N) is 1. The first-order valence-electron chi connectivity index (χ1n) is 8.86. The van der Waals surface area contributed by atoms with E-state index in [-0.39, 0.29) is 11.9 Å². The first-order chi connectivity index (χ1) is 12.5. The number of para-hydroxylation sites is 2. The molecule has 5 nitrogen and oxygen atoms in total. The summed E-state index contributed by atoms with van der Waals surface area (Å²) in [5, 5.41) is 0. The van der Waals surface area contributed by atoms with E-state index >= 15 is 0 Å². The van der Waals surface area contributed by atoms with Gasteiger partial charge < -0.3 is 14.4 Å². The first-order valence-corrected chi connectivity index (χ1v) is 8.86. The van der Waals surface area contributed by atoms with Crippen LogP contribution >= 0.6 is 0 Å². The zero-order valence-electron chi connectivity index (χ0n) is 15.3. The lowest BCUT2D eigenvalue weighted by molar-refractivity contribution is -0.126. The van der Waals surface area contributed by atoms with Crippen LogP contribution in [-0.2, 0) is 16.0 Å². The van der Waals surface area contributed by atoms with E-state index in [0.29, 0.717) is 17.9 Å². The summed E-state index contributed by atoms with van der Waals surface area (Å²) in [5.74, 6) is -0.320. The van der Waals surface area contributed by atoms with Gasteiger partial charge in [0.2, 0.25) is 0 Å². The Morgan fingerprint density at radius 2 is 1.85 bits per heavy atom. The van der Waals surface area contributed by atoms with Gasteiger partial charge in [0.1, 0.15) is 11.3 Å². The van der Waals surface area contributed by atoms with Gasteiger partial charge in [-0.3, -0.25) is 4.79 Å². The van der Waals surface area contributed by atoms with E-state index in [4.69, 9.17) is 9.47 Å². The smallest absolute Gasteiger partial charge is 0.342 e. The second kappa shape index (κ2) is 7.60. The van der Waals surface area contributed by atoms with Crippen molar-refractivity contribution in [2.45, 2.75) is 39.3 Å². The van der Waals surface area contributed by atoms with Crippen molar-refractivity contribution in [2.24, 2.45) is 0 Å². The lowest BCUT2D eigenvalue weighted by atomic mass is 10.1. The van der Waals surface area contributed by atoms with Gasteiger partial charge in [0.25, 0.3) is 5.91 Å². The second-order valence-electron chi connectivity index (χ2n) is 6.37. The van der Waals surface area contributed by atoms with E-state index in [1.165, 1.54) is 0 Å². The normalized spacial score (nSPS) is 16.7. The van der Waals surface area contributed by atoms with Gasteiger partial charge in [0, 0.05) is 11.7 Å². The molecule has 2 aromatic carbocycles. The minimum atomic E-state index is -0.884. The van der Waals surface area contributed by atoms with Crippen LogP contribution in [0.4, 0.5) is 5.69 Å². The number of fused-ring (bicyclic) bond motifs is 1. The Kier molecular flexibility index (Phi) is 5.26. The SMILES string of the molecule is CCOc1ccccc1C(=O)O[C@H](C)C(=O)N1c2ccccc2C[C@@H]1C. The minimum Gasteiger partial charge on any atom is -0.493 e. The van der Waals surface area contributed by atoms with Crippen molar-refractivity contribution >= 4 is 17.6 Å². The number of esters is 1. The van der Waals surface area contributed by atoms with Crippen molar-refractivity contribution < 1.29 is 19.1 Å². The molecule has 5 heteroatoms. The maximum atomic E-state index is 12.9. The Hall–Kier alpha value is -2.82. The lowest BCUT2D eigenvalue weighted by Gasteiger charge is -2.26. The van der Waals surface area contributed by atoms with E-state index in [0.717, 1.165) is 17.7 Å². The van der Waals surface area contributed by atoms with Gasteiger partial charge >= 0.3 is 5.97 Å². The fraction of sp³-hybridized carbons (Fsp3) is 0.333. The molecule has 0 bridgehead atoms. The molecule has 0 spiro atoms. The first kappa shape index (κ1) is 18.0. The van der Waals surface area contributed by atoms with Gasteiger partial charge in [0.05, 0.1) is 6.61 Å². The predicted molar refractivity (Wildman–Crippen MR) is 99.6 cm³/mol. The summed E-state index contributed by atoms with van der Waals surface area (Å²) in [5.41, 5.74) is 2.35. The van der Waals surface area contributed by atoms with E-state index in [1.54, 1.807) is 36.1 Å². The van der Waals surface area contributed by atoms with Crippen molar-refractivity contribution in [3.8, 4) is 5.75 Å². The molecular formula is C21H23NO4. The van der Waals surface area contributed by atoms with E-state index in [1.807, 2.05) is 38.1 Å². The van der Waals surface area contributed by atoms with Crippen molar-refractivity contribution in [1.82, 2.24) is 0 Å². The quantitative estimate of drug-likeness (QED) is 0.771. The summed E-state index contributed by atoms with van der Waals surface area (Å²) >= 11 is 0. The van der Waals surface area contributed by atoms with Crippen molar-refractivity contribution in [1.29, 1.82) is 0 Å². The summed E-state index contributed by atoms with van der Waals surface area (Å²) < 4.78 is 10.9. The summed E-state index contributed by atoms with van der Waals surface area (Å²) in [6, 6.07) is 14.7. The molecule has 0 N–H and O–H groups in total. The van der Waals surface area contributed by atoms with Crippen LogP contribution in [0.1, 0.15) is 36.7 Å². The third-order valence-corrected chi connectivity index (χ3v) is 4.48. The molecule has 1 aliphatic heterocycles. The summed E-state index contributed by atoms with van der Waals surface area (Å²) in [7, 11) is 0. The summed E-state index contributed by atoms with van der Waals surface area (Å²) in [4.78, 5) is 27.2. The number of rotatable bonds is 5. The fourth-order valence-electron chi connectivity index (χ4n) is 3.29. The highest BCUT2D eigenvalue weighted by Crippen LogP contribution is 2.32. The number of hydrogen-bond donors (Lipinski definition) is 0. The van der Waals surface area contributed by atoms with Crippen LogP contribution in [0.25, 0.3) is 0 Å². The Bertz CT molecular complexity index is 817. The Morgan fingerprint density at radius 1 is 1.15 bits per heavy atom. The molecule has 0 aromatic heterocycles. The molecule has 2 aromatic rings. The fourth-order valence-corrected chi connectivity index (χ4v) is 3.29. The summed E-state index contributed by atoms with van der Waals surface area (Å²) in [6.07, 6.45) is -0.0822. The number of hydrogen-bond acceptors (Lipinski definition) is 4. The predicted octanol–water partition coefficient (Wildman–Crippen LogP) is 3.61.